The summed E-state index contributed by atoms with van der Waals surface area (Å²) >= 11 is 0. The molecule has 0 heteroatoms. The van der Waals surface area contributed by atoms with Gasteiger partial charge in [-0.3, -0.25) is 0 Å². The minimum Gasteiger partial charge on any atom is -0.0617 e. The number of hydrogen-bond donors (Lipinski definition) is 0. The molecule has 0 unspecified atom stereocenters. The van der Waals surface area contributed by atoms with Crippen LogP contribution in [0.25, 0.3) is 0 Å². The fraction of sp³-hybridized carbons (Fsp3) is 0.520. The average Bonchev–Trinajstić information content (AvgIpc) is 2.53. The number of hydrogen-bond acceptors (Lipinski definition) is 0. The van der Waals surface area contributed by atoms with E-state index >= 15 is 0 Å². The molecule has 0 saturated carbocycles. The lowest BCUT2D eigenvalue weighted by Crippen LogP contribution is -2.08. The predicted molar refractivity (Wildman–Crippen MR) is 112 cm³/mol. The molecule has 2 rings (SSSR count). The van der Waals surface area contributed by atoms with Crippen molar-refractivity contribution in [1.29, 1.82) is 0 Å². The van der Waals surface area contributed by atoms with E-state index in [9.17, 15) is 0 Å². The predicted octanol–water partition coefficient (Wildman–Crippen LogP) is 7.77. The third-order valence-electron chi connectivity index (χ3n) is 5.24. The summed E-state index contributed by atoms with van der Waals surface area (Å²) in [6, 6.07) is 13.8. The van der Waals surface area contributed by atoms with Gasteiger partial charge in [-0.15, -0.1) is 0 Å². The van der Waals surface area contributed by atoms with Crippen molar-refractivity contribution < 1.29 is 0 Å². The zero-order valence-corrected chi connectivity index (χ0v) is 17.5. The fourth-order valence-electron chi connectivity index (χ4n) is 4.19. The average molecular weight is 337 g/mol. The molecule has 0 amide bonds. The summed E-state index contributed by atoms with van der Waals surface area (Å²) in [5.41, 5.74) is 9.15. The molecule has 0 saturated heterocycles. The van der Waals surface area contributed by atoms with Gasteiger partial charge in [0, 0.05) is 0 Å². The van der Waals surface area contributed by atoms with E-state index in [4.69, 9.17) is 0 Å². The smallest absolute Gasteiger partial charge is 0.00199 e. The van der Waals surface area contributed by atoms with Gasteiger partial charge in [0.1, 0.15) is 0 Å². The molecule has 0 aliphatic carbocycles. The van der Waals surface area contributed by atoms with Crippen LogP contribution in [0.2, 0.25) is 0 Å². The van der Waals surface area contributed by atoms with E-state index in [-0.39, 0.29) is 0 Å². The monoisotopic (exact) mass is 336 g/mol. The summed E-state index contributed by atoms with van der Waals surface area (Å²) in [5.74, 6) is 2.27. The first-order valence-corrected chi connectivity index (χ1v) is 9.97. The number of benzene rings is 2. The zero-order valence-electron chi connectivity index (χ0n) is 17.5. The molecule has 0 N–H and O–H groups in total. The molecule has 0 aliphatic rings. The lowest BCUT2D eigenvalue weighted by molar-refractivity contribution is 0.765. The molecule has 0 bridgehead atoms. The number of rotatable bonds is 6. The van der Waals surface area contributed by atoms with E-state index in [1.54, 1.807) is 11.1 Å². The van der Waals surface area contributed by atoms with Crippen molar-refractivity contribution in [3.63, 3.8) is 0 Å². The van der Waals surface area contributed by atoms with Crippen molar-refractivity contribution >= 4 is 0 Å². The van der Waals surface area contributed by atoms with Crippen LogP contribution >= 0.6 is 0 Å². The Morgan fingerprint density at radius 3 is 1.16 bits per heavy atom. The van der Waals surface area contributed by atoms with Gasteiger partial charge in [0.05, 0.1) is 0 Å². The minimum absolute atomic E-state index is 0.560. The largest absolute Gasteiger partial charge is 0.0617 e. The first-order valence-electron chi connectivity index (χ1n) is 9.97. The third kappa shape index (κ3) is 4.35. The Balaban J connectivity index is 2.58. The highest BCUT2D eigenvalue weighted by Gasteiger charge is 2.18. The molecule has 2 aromatic rings. The first-order chi connectivity index (χ1) is 11.7. The SMILES string of the molecule is CC(C)c1cccc(Cc2cccc(C(C)C)c2C(C)C)c1C(C)C. The van der Waals surface area contributed by atoms with E-state index in [2.05, 4.69) is 91.8 Å². The van der Waals surface area contributed by atoms with Crippen molar-refractivity contribution in [1.82, 2.24) is 0 Å². The summed E-state index contributed by atoms with van der Waals surface area (Å²) in [6.45, 7) is 18.6. The summed E-state index contributed by atoms with van der Waals surface area (Å²) in [6.07, 6.45) is 1.04. The molecule has 0 aliphatic heterocycles. The Hall–Kier alpha value is -1.56. The summed E-state index contributed by atoms with van der Waals surface area (Å²) < 4.78 is 0. The lowest BCUT2D eigenvalue weighted by atomic mass is 9.81. The van der Waals surface area contributed by atoms with Crippen LogP contribution in [0.15, 0.2) is 36.4 Å². The van der Waals surface area contributed by atoms with Crippen molar-refractivity contribution in [2.45, 2.75) is 85.5 Å². The molecule has 0 spiro atoms. The molecule has 0 atom stereocenters. The molecular formula is C25H36. The van der Waals surface area contributed by atoms with Gasteiger partial charge in [-0.1, -0.05) is 91.8 Å². The molecule has 0 heterocycles. The molecule has 0 aromatic heterocycles. The van der Waals surface area contributed by atoms with E-state index in [0.717, 1.165) is 6.42 Å². The standard InChI is InChI=1S/C25H36/c1-16(2)22-13-9-11-20(24(22)18(5)6)15-21-12-10-14-23(17(3)4)25(21)19(7)8/h9-14,16-19H,15H2,1-8H3. The summed E-state index contributed by atoms with van der Waals surface area (Å²) in [7, 11) is 0. The highest BCUT2D eigenvalue weighted by molar-refractivity contribution is 5.46. The van der Waals surface area contributed by atoms with Crippen LogP contribution in [0.3, 0.4) is 0 Å². The van der Waals surface area contributed by atoms with Crippen molar-refractivity contribution in [2.75, 3.05) is 0 Å². The lowest BCUT2D eigenvalue weighted by Gasteiger charge is -2.24. The van der Waals surface area contributed by atoms with E-state index < -0.39 is 0 Å². The second-order valence-electron chi connectivity index (χ2n) is 8.64. The van der Waals surface area contributed by atoms with Gasteiger partial charge in [0.2, 0.25) is 0 Å². The summed E-state index contributed by atoms with van der Waals surface area (Å²) in [4.78, 5) is 0. The Kier molecular flexibility index (Phi) is 6.49. The highest BCUT2D eigenvalue weighted by Crippen LogP contribution is 2.34. The molecule has 136 valence electrons. The van der Waals surface area contributed by atoms with Crippen LogP contribution in [-0.2, 0) is 6.42 Å². The Labute approximate surface area is 155 Å². The van der Waals surface area contributed by atoms with Gasteiger partial charge >= 0.3 is 0 Å². The van der Waals surface area contributed by atoms with Gasteiger partial charge in [0.25, 0.3) is 0 Å². The zero-order chi connectivity index (χ0) is 18.7. The molecule has 2 aromatic carbocycles. The van der Waals surface area contributed by atoms with Gasteiger partial charge < -0.3 is 0 Å². The normalized spacial score (nSPS) is 12.0. The van der Waals surface area contributed by atoms with Crippen LogP contribution in [0.1, 0.15) is 112 Å². The van der Waals surface area contributed by atoms with Crippen LogP contribution < -0.4 is 0 Å². The second-order valence-corrected chi connectivity index (χ2v) is 8.64. The highest BCUT2D eigenvalue weighted by atomic mass is 14.2. The van der Waals surface area contributed by atoms with Crippen LogP contribution in [0.5, 0.6) is 0 Å². The quantitative estimate of drug-likeness (QED) is 0.505. The topological polar surface area (TPSA) is 0 Å². The maximum atomic E-state index is 2.34. The molecular weight excluding hydrogens is 300 g/mol. The van der Waals surface area contributed by atoms with Gasteiger partial charge in [-0.2, -0.15) is 0 Å². The van der Waals surface area contributed by atoms with Crippen LogP contribution in [0, 0.1) is 0 Å². The van der Waals surface area contributed by atoms with Crippen molar-refractivity contribution in [3.05, 3.63) is 69.8 Å². The van der Waals surface area contributed by atoms with Gasteiger partial charge in [-0.25, -0.2) is 0 Å². The van der Waals surface area contributed by atoms with E-state index in [1.165, 1.54) is 22.3 Å². The Bertz CT molecular complexity index is 640. The Morgan fingerprint density at radius 1 is 0.520 bits per heavy atom. The van der Waals surface area contributed by atoms with Crippen molar-refractivity contribution in [2.24, 2.45) is 0 Å². The minimum atomic E-state index is 0.560. The maximum Gasteiger partial charge on any atom is -0.00199 e. The van der Waals surface area contributed by atoms with Gasteiger partial charge in [-0.05, 0) is 63.5 Å². The molecule has 0 fully saturated rings. The van der Waals surface area contributed by atoms with Crippen LogP contribution in [0.4, 0.5) is 0 Å². The molecule has 0 radical (unpaired) electrons. The summed E-state index contributed by atoms with van der Waals surface area (Å²) in [5, 5.41) is 0. The van der Waals surface area contributed by atoms with Crippen molar-refractivity contribution in [3.8, 4) is 0 Å². The first kappa shape index (κ1) is 19.8. The van der Waals surface area contributed by atoms with E-state index in [0.29, 0.717) is 23.7 Å². The van der Waals surface area contributed by atoms with Crippen LogP contribution in [-0.4, -0.2) is 0 Å². The van der Waals surface area contributed by atoms with Gasteiger partial charge in [0.15, 0.2) is 0 Å². The third-order valence-corrected chi connectivity index (χ3v) is 5.24. The van der Waals surface area contributed by atoms with E-state index in [1.807, 2.05) is 0 Å². The maximum absolute atomic E-state index is 2.34. The fourth-order valence-corrected chi connectivity index (χ4v) is 4.19. The Morgan fingerprint density at radius 2 is 0.880 bits per heavy atom. The molecule has 0 nitrogen and oxygen atoms in total. The molecule has 25 heavy (non-hydrogen) atoms. The second kappa shape index (κ2) is 8.21.